The zero-order valence-corrected chi connectivity index (χ0v) is 21.2. The SMILES string of the molecule is CC(C)C[C@@H](NC(=O)CO/N=C1\C=C2CC[C@H]3[C@@H]4CC[C@H](O)[C@@]4(C)CC[C@@H]3[C@@]2(C)CC1)C(=O)O. The normalized spacial score (nSPS) is 39.0. The molecule has 3 fully saturated rings. The topological polar surface area (TPSA) is 108 Å². The average molecular weight is 475 g/mol. The average Bonchev–Trinajstić information content (AvgIpc) is 3.07. The Morgan fingerprint density at radius 3 is 2.62 bits per heavy atom. The van der Waals surface area contributed by atoms with Gasteiger partial charge in [0.2, 0.25) is 0 Å². The quantitative estimate of drug-likeness (QED) is 0.477. The summed E-state index contributed by atoms with van der Waals surface area (Å²) in [6.45, 7) is 8.31. The van der Waals surface area contributed by atoms with Gasteiger partial charge in [0.25, 0.3) is 5.91 Å². The summed E-state index contributed by atoms with van der Waals surface area (Å²) in [4.78, 5) is 28.8. The number of aliphatic carboxylic acids is 1. The number of fused-ring (bicyclic) bond motifs is 5. The molecular formula is C27H42N2O5. The van der Waals surface area contributed by atoms with Gasteiger partial charge >= 0.3 is 5.97 Å². The van der Waals surface area contributed by atoms with Crippen LogP contribution in [-0.4, -0.2) is 46.6 Å². The molecule has 4 aliphatic rings. The maximum Gasteiger partial charge on any atom is 0.326 e. The summed E-state index contributed by atoms with van der Waals surface area (Å²) in [6.07, 6.45) is 11.0. The Bertz CT molecular complexity index is 867. The van der Waals surface area contributed by atoms with Crippen molar-refractivity contribution < 1.29 is 24.6 Å². The minimum absolute atomic E-state index is 0.100. The standard InChI is InChI=1S/C27H42N2O5/c1-16(2)13-22(25(32)33)28-24(31)15-34-29-18-9-11-26(3)17(14-18)5-6-19-20-7-8-23(30)27(20,4)12-10-21(19)26/h14,16,19-23,30H,5-13,15H2,1-4H3,(H,28,31)(H,32,33)/b29-18-/t19-,20-,21-,22+,23-,26-,27-/m0/s1. The third kappa shape index (κ3) is 4.65. The van der Waals surface area contributed by atoms with Crippen molar-refractivity contribution in [2.45, 2.75) is 97.6 Å². The lowest BCUT2D eigenvalue weighted by Gasteiger charge is -2.57. The second-order valence-corrected chi connectivity index (χ2v) is 12.1. The zero-order valence-electron chi connectivity index (χ0n) is 21.2. The van der Waals surface area contributed by atoms with E-state index in [-0.39, 0.29) is 29.5 Å². The van der Waals surface area contributed by atoms with E-state index in [1.165, 1.54) is 18.4 Å². The number of hydrogen-bond donors (Lipinski definition) is 3. The van der Waals surface area contributed by atoms with Crippen molar-refractivity contribution in [3.8, 4) is 0 Å². The van der Waals surface area contributed by atoms with Crippen LogP contribution < -0.4 is 5.32 Å². The molecule has 7 nitrogen and oxygen atoms in total. The summed E-state index contributed by atoms with van der Waals surface area (Å²) >= 11 is 0. The van der Waals surface area contributed by atoms with Crippen molar-refractivity contribution in [1.29, 1.82) is 0 Å². The first-order chi connectivity index (χ1) is 16.0. The van der Waals surface area contributed by atoms with Crippen LogP contribution in [0.4, 0.5) is 0 Å². The van der Waals surface area contributed by atoms with Crippen molar-refractivity contribution in [3.63, 3.8) is 0 Å². The molecule has 0 aromatic rings. The molecule has 190 valence electrons. The van der Waals surface area contributed by atoms with Gasteiger partial charge < -0.3 is 20.4 Å². The Hall–Kier alpha value is -1.89. The Kier molecular flexibility index (Phi) is 7.14. The first-order valence-corrected chi connectivity index (χ1v) is 13.1. The van der Waals surface area contributed by atoms with E-state index < -0.39 is 17.9 Å². The minimum Gasteiger partial charge on any atom is -0.480 e. The van der Waals surface area contributed by atoms with Gasteiger partial charge in [0.1, 0.15) is 6.04 Å². The van der Waals surface area contributed by atoms with Gasteiger partial charge in [-0.3, -0.25) is 4.79 Å². The van der Waals surface area contributed by atoms with E-state index >= 15 is 0 Å². The molecule has 7 atom stereocenters. The number of hydrogen-bond acceptors (Lipinski definition) is 5. The maximum absolute atomic E-state index is 12.2. The van der Waals surface area contributed by atoms with Crippen LogP contribution in [0, 0.1) is 34.5 Å². The number of aliphatic hydroxyl groups is 1. The molecule has 0 bridgehead atoms. The summed E-state index contributed by atoms with van der Waals surface area (Å²) in [5.74, 6) is 0.674. The van der Waals surface area contributed by atoms with Crippen LogP contribution in [0.5, 0.6) is 0 Å². The van der Waals surface area contributed by atoms with Crippen molar-refractivity contribution in [2.75, 3.05) is 6.61 Å². The number of nitrogens with one attached hydrogen (secondary N) is 1. The van der Waals surface area contributed by atoms with Crippen LogP contribution in [-0.2, 0) is 14.4 Å². The number of allylic oxidation sites excluding steroid dienone is 2. The van der Waals surface area contributed by atoms with Gasteiger partial charge in [0.05, 0.1) is 11.8 Å². The molecule has 4 rings (SSSR count). The predicted octanol–water partition coefficient (Wildman–Crippen LogP) is 4.30. The predicted molar refractivity (Wildman–Crippen MR) is 130 cm³/mol. The van der Waals surface area contributed by atoms with Crippen LogP contribution in [0.15, 0.2) is 16.8 Å². The molecule has 7 heteroatoms. The van der Waals surface area contributed by atoms with E-state index in [9.17, 15) is 19.8 Å². The highest BCUT2D eigenvalue weighted by Crippen LogP contribution is 2.65. The second kappa shape index (κ2) is 9.63. The number of oxime groups is 1. The molecule has 1 amide bonds. The zero-order chi connectivity index (χ0) is 24.7. The highest BCUT2D eigenvalue weighted by molar-refractivity contribution is 5.96. The van der Waals surface area contributed by atoms with Crippen LogP contribution in [0.2, 0.25) is 0 Å². The van der Waals surface area contributed by atoms with Crippen LogP contribution >= 0.6 is 0 Å². The third-order valence-electron chi connectivity index (χ3n) is 9.65. The first kappa shape index (κ1) is 25.2. The lowest BCUT2D eigenvalue weighted by molar-refractivity contribution is -0.143. The summed E-state index contributed by atoms with van der Waals surface area (Å²) < 4.78 is 0. The molecule has 3 saturated carbocycles. The Morgan fingerprint density at radius 2 is 1.91 bits per heavy atom. The molecule has 0 aliphatic heterocycles. The van der Waals surface area contributed by atoms with Crippen LogP contribution in [0.25, 0.3) is 0 Å². The molecule has 0 unspecified atom stereocenters. The molecule has 0 heterocycles. The van der Waals surface area contributed by atoms with E-state index in [1.54, 1.807) is 0 Å². The monoisotopic (exact) mass is 474 g/mol. The molecular weight excluding hydrogens is 432 g/mol. The number of carboxylic acid groups (broad SMARTS) is 1. The smallest absolute Gasteiger partial charge is 0.326 e. The summed E-state index contributed by atoms with van der Waals surface area (Å²) in [7, 11) is 0. The summed E-state index contributed by atoms with van der Waals surface area (Å²) in [5.41, 5.74) is 2.60. The van der Waals surface area contributed by atoms with Gasteiger partial charge in [-0.2, -0.15) is 0 Å². The van der Waals surface area contributed by atoms with E-state index in [0.717, 1.165) is 44.2 Å². The van der Waals surface area contributed by atoms with Crippen LogP contribution in [0.1, 0.15) is 85.5 Å². The number of aliphatic hydroxyl groups excluding tert-OH is 1. The summed E-state index contributed by atoms with van der Waals surface area (Å²) in [6, 6.07) is -0.908. The van der Waals surface area contributed by atoms with Gasteiger partial charge in [-0.1, -0.05) is 38.4 Å². The molecule has 0 aromatic heterocycles. The Morgan fingerprint density at radius 1 is 1.15 bits per heavy atom. The molecule has 4 aliphatic carbocycles. The third-order valence-corrected chi connectivity index (χ3v) is 9.65. The van der Waals surface area contributed by atoms with Gasteiger partial charge in [0, 0.05) is 0 Å². The number of nitrogens with zero attached hydrogens (tertiary/aromatic N) is 1. The van der Waals surface area contributed by atoms with Crippen molar-refractivity contribution in [1.82, 2.24) is 5.32 Å². The highest BCUT2D eigenvalue weighted by atomic mass is 16.6. The van der Waals surface area contributed by atoms with Crippen molar-refractivity contribution in [2.24, 2.45) is 39.7 Å². The fourth-order valence-electron chi connectivity index (χ4n) is 7.72. The molecule has 0 spiro atoms. The Balaban J connectivity index is 1.37. The number of carbonyl (C=O) groups excluding carboxylic acids is 1. The minimum atomic E-state index is -1.03. The largest absolute Gasteiger partial charge is 0.480 e. The maximum atomic E-state index is 12.2. The van der Waals surface area contributed by atoms with Gasteiger partial charge in [-0.25, -0.2) is 4.79 Å². The molecule has 0 saturated heterocycles. The van der Waals surface area contributed by atoms with Crippen molar-refractivity contribution >= 4 is 17.6 Å². The number of carboxylic acids is 1. The van der Waals surface area contributed by atoms with Gasteiger partial charge in [-0.15, -0.1) is 0 Å². The van der Waals surface area contributed by atoms with E-state index in [4.69, 9.17) is 4.84 Å². The lowest BCUT2D eigenvalue weighted by Crippen LogP contribution is -2.51. The molecule has 3 N–H and O–H groups in total. The fourth-order valence-corrected chi connectivity index (χ4v) is 7.72. The Labute approximate surface area is 203 Å². The van der Waals surface area contributed by atoms with Gasteiger partial charge in [0.15, 0.2) is 6.61 Å². The second-order valence-electron chi connectivity index (χ2n) is 12.1. The fraction of sp³-hybridized carbons (Fsp3) is 0.815. The molecule has 0 aromatic carbocycles. The summed E-state index contributed by atoms with van der Waals surface area (Å²) in [5, 5.41) is 26.7. The van der Waals surface area contributed by atoms with Crippen LogP contribution in [0.3, 0.4) is 0 Å². The molecule has 0 radical (unpaired) electrons. The number of amides is 1. The van der Waals surface area contributed by atoms with Gasteiger partial charge in [-0.05, 0) is 98.4 Å². The molecule has 34 heavy (non-hydrogen) atoms. The van der Waals surface area contributed by atoms with E-state index in [0.29, 0.717) is 24.2 Å². The highest BCUT2D eigenvalue weighted by Gasteiger charge is 2.58. The first-order valence-electron chi connectivity index (χ1n) is 13.1. The lowest BCUT2D eigenvalue weighted by atomic mass is 9.47. The van der Waals surface area contributed by atoms with E-state index in [1.807, 2.05) is 13.8 Å². The number of rotatable bonds is 7. The van der Waals surface area contributed by atoms with Crippen molar-refractivity contribution in [3.05, 3.63) is 11.6 Å². The van der Waals surface area contributed by atoms with E-state index in [2.05, 4.69) is 30.4 Å². The number of carbonyl (C=O) groups is 2.